The predicted octanol–water partition coefficient (Wildman–Crippen LogP) is -0.700. The highest BCUT2D eigenvalue weighted by Crippen LogP contribution is 2.28. The van der Waals surface area contributed by atoms with Gasteiger partial charge in [0.25, 0.3) is 0 Å². The van der Waals surface area contributed by atoms with E-state index < -0.39 is 17.5 Å². The normalized spacial score (nSPS) is 19.8. The lowest BCUT2D eigenvalue weighted by molar-refractivity contribution is -0.174. The summed E-state index contributed by atoms with van der Waals surface area (Å²) >= 11 is 0. The SMILES string of the molecule is CC(C)C1(O)CN(C(=O)C(=O)O)C1. The lowest BCUT2D eigenvalue weighted by atomic mass is 9.83. The fourth-order valence-corrected chi connectivity index (χ4v) is 1.26. The van der Waals surface area contributed by atoms with E-state index in [4.69, 9.17) is 5.11 Å². The second kappa shape index (κ2) is 2.99. The Hall–Kier alpha value is -1.10. The molecule has 0 aromatic rings. The zero-order valence-electron chi connectivity index (χ0n) is 7.65. The van der Waals surface area contributed by atoms with Crippen LogP contribution in [-0.4, -0.2) is 45.7 Å². The molecular formula is C8H13NO4. The molecule has 13 heavy (non-hydrogen) atoms. The van der Waals surface area contributed by atoms with Crippen molar-refractivity contribution in [2.75, 3.05) is 13.1 Å². The van der Waals surface area contributed by atoms with Crippen molar-refractivity contribution in [3.63, 3.8) is 0 Å². The quantitative estimate of drug-likeness (QED) is 0.532. The number of nitrogens with zero attached hydrogens (tertiary/aromatic N) is 1. The molecule has 1 rings (SSSR count). The first-order chi connectivity index (χ1) is 5.87. The van der Waals surface area contributed by atoms with Crippen LogP contribution in [0.15, 0.2) is 0 Å². The number of aliphatic hydroxyl groups is 1. The molecule has 1 aliphatic heterocycles. The van der Waals surface area contributed by atoms with Crippen molar-refractivity contribution >= 4 is 11.9 Å². The van der Waals surface area contributed by atoms with Crippen LogP contribution in [0.4, 0.5) is 0 Å². The first-order valence-electron chi connectivity index (χ1n) is 4.11. The number of carboxylic acid groups (broad SMARTS) is 1. The van der Waals surface area contributed by atoms with E-state index in [0.717, 1.165) is 4.90 Å². The fourth-order valence-electron chi connectivity index (χ4n) is 1.26. The summed E-state index contributed by atoms with van der Waals surface area (Å²) in [5.74, 6) is -2.37. The van der Waals surface area contributed by atoms with Crippen LogP contribution in [0.5, 0.6) is 0 Å². The van der Waals surface area contributed by atoms with Gasteiger partial charge in [-0.3, -0.25) is 4.79 Å². The minimum absolute atomic E-state index is 0.0327. The van der Waals surface area contributed by atoms with Crippen LogP contribution in [0.2, 0.25) is 0 Å². The van der Waals surface area contributed by atoms with Gasteiger partial charge in [-0.2, -0.15) is 0 Å². The number of carbonyl (C=O) groups excluding carboxylic acids is 1. The Morgan fingerprint density at radius 1 is 1.38 bits per heavy atom. The molecular weight excluding hydrogens is 174 g/mol. The summed E-state index contributed by atoms with van der Waals surface area (Å²) in [4.78, 5) is 22.2. The average molecular weight is 187 g/mol. The number of hydrogen-bond donors (Lipinski definition) is 2. The summed E-state index contributed by atoms with van der Waals surface area (Å²) in [6.45, 7) is 3.91. The molecule has 1 fully saturated rings. The van der Waals surface area contributed by atoms with Crippen molar-refractivity contribution in [3.05, 3.63) is 0 Å². The van der Waals surface area contributed by atoms with Gasteiger partial charge in [0.2, 0.25) is 0 Å². The van der Waals surface area contributed by atoms with Gasteiger partial charge < -0.3 is 15.1 Å². The van der Waals surface area contributed by atoms with Crippen LogP contribution < -0.4 is 0 Å². The van der Waals surface area contributed by atoms with Gasteiger partial charge in [0.1, 0.15) is 5.60 Å². The van der Waals surface area contributed by atoms with E-state index in [1.54, 1.807) is 0 Å². The minimum atomic E-state index is -1.47. The summed E-state index contributed by atoms with van der Waals surface area (Å²) in [6, 6.07) is 0. The Labute approximate surface area is 76.0 Å². The van der Waals surface area contributed by atoms with Crippen LogP contribution >= 0.6 is 0 Å². The van der Waals surface area contributed by atoms with Crippen LogP contribution in [0.1, 0.15) is 13.8 Å². The molecule has 1 amide bonds. The standard InChI is InChI=1S/C8H13NO4/c1-5(2)8(13)3-9(4-8)6(10)7(11)12/h5,13H,3-4H2,1-2H3,(H,11,12). The summed E-state index contributed by atoms with van der Waals surface area (Å²) in [6.07, 6.45) is 0. The van der Waals surface area contributed by atoms with E-state index >= 15 is 0 Å². The molecule has 0 aromatic carbocycles. The van der Waals surface area contributed by atoms with E-state index in [2.05, 4.69) is 0 Å². The molecule has 0 atom stereocenters. The third-order valence-corrected chi connectivity index (χ3v) is 2.47. The maximum atomic E-state index is 10.9. The Kier molecular flexibility index (Phi) is 2.30. The number of likely N-dealkylation sites (tertiary alicyclic amines) is 1. The second-order valence-electron chi connectivity index (χ2n) is 3.72. The summed E-state index contributed by atoms with van der Waals surface area (Å²) in [5.41, 5.74) is -0.898. The average Bonchev–Trinajstić information content (AvgIpc) is 1.96. The summed E-state index contributed by atoms with van der Waals surface area (Å²) in [5, 5.41) is 18.1. The highest BCUT2D eigenvalue weighted by atomic mass is 16.4. The van der Waals surface area contributed by atoms with E-state index in [9.17, 15) is 14.7 Å². The second-order valence-corrected chi connectivity index (χ2v) is 3.72. The van der Waals surface area contributed by atoms with E-state index in [1.807, 2.05) is 13.8 Å². The summed E-state index contributed by atoms with van der Waals surface area (Å²) < 4.78 is 0. The monoisotopic (exact) mass is 187 g/mol. The largest absolute Gasteiger partial charge is 0.474 e. The lowest BCUT2D eigenvalue weighted by Crippen LogP contribution is -2.66. The first-order valence-corrected chi connectivity index (χ1v) is 4.11. The fraction of sp³-hybridized carbons (Fsp3) is 0.750. The maximum absolute atomic E-state index is 10.9. The zero-order valence-corrected chi connectivity index (χ0v) is 7.65. The molecule has 74 valence electrons. The van der Waals surface area contributed by atoms with E-state index in [0.29, 0.717) is 0 Å². The van der Waals surface area contributed by atoms with E-state index in [1.165, 1.54) is 0 Å². The predicted molar refractivity (Wildman–Crippen MR) is 44.0 cm³/mol. The number of carboxylic acids is 1. The van der Waals surface area contributed by atoms with Crippen molar-refractivity contribution in [2.24, 2.45) is 5.92 Å². The van der Waals surface area contributed by atoms with Crippen molar-refractivity contribution in [1.29, 1.82) is 0 Å². The molecule has 0 aliphatic carbocycles. The number of rotatable bonds is 1. The number of β-amino-alcohol motifs (C(OH)–C–C–N with tert-alkyl or cyclic N) is 1. The Bertz CT molecular complexity index is 243. The Morgan fingerprint density at radius 2 is 1.85 bits per heavy atom. The smallest absolute Gasteiger partial charge is 0.394 e. The third-order valence-electron chi connectivity index (χ3n) is 2.47. The topological polar surface area (TPSA) is 77.8 Å². The Morgan fingerprint density at radius 3 is 2.15 bits per heavy atom. The molecule has 1 saturated heterocycles. The van der Waals surface area contributed by atoms with Crippen molar-refractivity contribution in [3.8, 4) is 0 Å². The number of amides is 1. The molecule has 0 radical (unpaired) electrons. The van der Waals surface area contributed by atoms with Crippen LogP contribution in [0.25, 0.3) is 0 Å². The highest BCUT2D eigenvalue weighted by molar-refractivity contribution is 6.31. The van der Waals surface area contributed by atoms with Gasteiger partial charge in [-0.15, -0.1) is 0 Å². The van der Waals surface area contributed by atoms with Crippen molar-refractivity contribution in [2.45, 2.75) is 19.4 Å². The molecule has 2 N–H and O–H groups in total. The molecule has 0 bridgehead atoms. The van der Waals surface area contributed by atoms with Gasteiger partial charge in [0.15, 0.2) is 0 Å². The van der Waals surface area contributed by atoms with Gasteiger partial charge in [0.05, 0.1) is 13.1 Å². The van der Waals surface area contributed by atoms with Gasteiger partial charge in [-0.05, 0) is 5.92 Å². The molecule has 1 aliphatic rings. The highest BCUT2D eigenvalue weighted by Gasteiger charge is 2.47. The van der Waals surface area contributed by atoms with Crippen LogP contribution in [0.3, 0.4) is 0 Å². The molecule has 0 unspecified atom stereocenters. The molecule has 1 heterocycles. The van der Waals surface area contributed by atoms with Crippen molar-refractivity contribution in [1.82, 2.24) is 4.90 Å². The number of aliphatic carboxylic acids is 1. The minimum Gasteiger partial charge on any atom is -0.474 e. The number of hydrogen-bond acceptors (Lipinski definition) is 3. The van der Waals surface area contributed by atoms with Gasteiger partial charge in [-0.1, -0.05) is 13.8 Å². The summed E-state index contributed by atoms with van der Waals surface area (Å²) in [7, 11) is 0. The molecule has 0 saturated carbocycles. The molecule has 0 aromatic heterocycles. The third kappa shape index (κ3) is 1.65. The Balaban J connectivity index is 2.50. The van der Waals surface area contributed by atoms with Gasteiger partial charge >= 0.3 is 11.9 Å². The van der Waals surface area contributed by atoms with Crippen molar-refractivity contribution < 1.29 is 19.8 Å². The van der Waals surface area contributed by atoms with E-state index in [-0.39, 0.29) is 19.0 Å². The van der Waals surface area contributed by atoms with Crippen LogP contribution in [-0.2, 0) is 9.59 Å². The first kappa shape index (κ1) is 9.98. The lowest BCUT2D eigenvalue weighted by Gasteiger charge is -2.48. The van der Waals surface area contributed by atoms with Crippen LogP contribution in [0, 0.1) is 5.92 Å². The number of carbonyl (C=O) groups is 2. The molecule has 0 spiro atoms. The van der Waals surface area contributed by atoms with Gasteiger partial charge in [-0.25, -0.2) is 4.79 Å². The van der Waals surface area contributed by atoms with Gasteiger partial charge in [0, 0.05) is 0 Å². The maximum Gasteiger partial charge on any atom is 0.394 e. The molecule has 5 nitrogen and oxygen atoms in total. The molecule has 5 heteroatoms. The zero-order chi connectivity index (χ0) is 10.2.